The third-order valence-corrected chi connectivity index (χ3v) is 6.88. The van der Waals surface area contributed by atoms with Crippen molar-refractivity contribution >= 4 is 18.1 Å². The van der Waals surface area contributed by atoms with Gasteiger partial charge in [-0.05, 0) is 18.9 Å². The highest BCUT2D eigenvalue weighted by molar-refractivity contribution is 7.89. The second kappa shape index (κ2) is 9.12. The molecule has 0 aromatic rings. The molecule has 0 spiro atoms. The van der Waals surface area contributed by atoms with E-state index in [-0.39, 0.29) is 5.75 Å². The highest BCUT2D eigenvalue weighted by Gasteiger charge is 2.24. The van der Waals surface area contributed by atoms with Crippen molar-refractivity contribution < 1.29 is 8.42 Å². The zero-order chi connectivity index (χ0) is 15.6. The van der Waals surface area contributed by atoms with Gasteiger partial charge in [-0.3, -0.25) is 0 Å². The highest BCUT2D eigenvalue weighted by Crippen LogP contribution is 2.14. The maximum atomic E-state index is 12.3. The fourth-order valence-corrected chi connectivity index (χ4v) is 6.18. The van der Waals surface area contributed by atoms with Gasteiger partial charge in [-0.2, -0.15) is 10.5 Å². The molecule has 0 atom stereocenters. The van der Waals surface area contributed by atoms with E-state index >= 15 is 0 Å². The van der Waals surface area contributed by atoms with E-state index in [0.29, 0.717) is 38.8 Å². The first-order valence-corrected chi connectivity index (χ1v) is 12.3. The van der Waals surface area contributed by atoms with Crippen molar-refractivity contribution in [3.63, 3.8) is 0 Å². The Bertz CT molecular complexity index is 437. The van der Waals surface area contributed by atoms with Crippen LogP contribution < -0.4 is 0 Å². The molecule has 0 aliphatic carbocycles. The van der Waals surface area contributed by atoms with Crippen molar-refractivity contribution in [2.45, 2.75) is 51.4 Å². The Morgan fingerprint density at radius 3 is 1.80 bits per heavy atom. The minimum absolute atomic E-state index is 0.182. The van der Waals surface area contributed by atoms with E-state index in [2.05, 4.69) is 19.6 Å². The Labute approximate surface area is 124 Å². The molecular formula is C13H25N3O2SSi. The van der Waals surface area contributed by atoms with Crippen LogP contribution in [0.15, 0.2) is 0 Å². The van der Waals surface area contributed by atoms with Gasteiger partial charge in [0.05, 0.1) is 17.9 Å². The Hall–Kier alpha value is -0.893. The molecule has 0 N–H and O–H groups in total. The lowest BCUT2D eigenvalue weighted by molar-refractivity contribution is 0.402. The molecule has 0 saturated carbocycles. The molecule has 0 amide bonds. The molecule has 7 heteroatoms. The van der Waals surface area contributed by atoms with Gasteiger partial charge in [-0.15, -0.1) is 0 Å². The van der Waals surface area contributed by atoms with Crippen LogP contribution in [0.3, 0.4) is 0 Å². The monoisotopic (exact) mass is 315 g/mol. The second-order valence-electron chi connectivity index (χ2n) is 6.05. The molecule has 0 heterocycles. The van der Waals surface area contributed by atoms with Gasteiger partial charge in [0.2, 0.25) is 10.0 Å². The van der Waals surface area contributed by atoms with Crippen LogP contribution in [0, 0.1) is 22.7 Å². The summed E-state index contributed by atoms with van der Waals surface area (Å²) in [6, 6.07) is 4.80. The highest BCUT2D eigenvalue weighted by atomic mass is 32.2. The maximum Gasteiger partial charge on any atom is 0.213 e. The Morgan fingerprint density at radius 2 is 1.45 bits per heavy atom. The quantitative estimate of drug-likeness (QED) is 0.458. The Kier molecular flexibility index (Phi) is 8.71. The number of unbranched alkanes of at least 4 members (excludes halogenated alkanes) is 2. The third-order valence-electron chi connectivity index (χ3n) is 2.90. The van der Waals surface area contributed by atoms with E-state index < -0.39 is 18.1 Å². The first kappa shape index (κ1) is 19.1. The van der Waals surface area contributed by atoms with Crippen LogP contribution >= 0.6 is 0 Å². The average molecular weight is 316 g/mol. The van der Waals surface area contributed by atoms with E-state index in [1.165, 1.54) is 4.31 Å². The van der Waals surface area contributed by atoms with Crippen molar-refractivity contribution in [2.75, 3.05) is 18.8 Å². The van der Waals surface area contributed by atoms with Gasteiger partial charge in [0.25, 0.3) is 0 Å². The van der Waals surface area contributed by atoms with E-state index in [0.717, 1.165) is 6.04 Å². The summed E-state index contributed by atoms with van der Waals surface area (Å²) in [5.41, 5.74) is 0. The lowest BCUT2D eigenvalue weighted by atomic mass is 10.3. The van der Waals surface area contributed by atoms with Gasteiger partial charge >= 0.3 is 0 Å². The molecule has 0 aliphatic rings. The van der Waals surface area contributed by atoms with E-state index in [1.54, 1.807) is 0 Å². The number of hydrogen-bond donors (Lipinski definition) is 0. The van der Waals surface area contributed by atoms with Crippen LogP contribution in [0.4, 0.5) is 0 Å². The molecule has 0 aliphatic heterocycles. The zero-order valence-corrected chi connectivity index (χ0v) is 14.5. The lowest BCUT2D eigenvalue weighted by Gasteiger charge is -2.23. The molecule has 114 valence electrons. The third kappa shape index (κ3) is 9.08. The van der Waals surface area contributed by atoms with Crippen LogP contribution in [0.5, 0.6) is 0 Å². The summed E-state index contributed by atoms with van der Waals surface area (Å²) in [5.74, 6) is 0.182. The van der Waals surface area contributed by atoms with Gasteiger partial charge in [0.15, 0.2) is 0 Å². The van der Waals surface area contributed by atoms with Crippen LogP contribution in [0.25, 0.3) is 0 Å². The number of nitriles is 2. The summed E-state index contributed by atoms with van der Waals surface area (Å²) in [6.45, 7) is 7.22. The van der Waals surface area contributed by atoms with Crippen molar-refractivity contribution in [3.05, 3.63) is 0 Å². The Morgan fingerprint density at radius 1 is 1.00 bits per heavy atom. The SMILES string of the molecule is C[Si](C)(C)CCS(=O)(=O)N(CCCC#N)CCCC#N. The summed E-state index contributed by atoms with van der Waals surface area (Å²) in [6.07, 6.45) is 1.82. The molecule has 0 aromatic heterocycles. The van der Waals surface area contributed by atoms with Crippen molar-refractivity contribution in [1.29, 1.82) is 10.5 Å². The average Bonchev–Trinajstić information content (AvgIpc) is 2.34. The normalized spacial score (nSPS) is 12.1. The molecule has 0 bridgehead atoms. The number of nitrogens with zero attached hydrogens (tertiary/aromatic N) is 3. The van der Waals surface area contributed by atoms with Crippen molar-refractivity contribution in [3.8, 4) is 12.1 Å². The molecular weight excluding hydrogens is 290 g/mol. The smallest absolute Gasteiger partial charge is 0.212 e. The van der Waals surface area contributed by atoms with E-state index in [9.17, 15) is 8.42 Å². The lowest BCUT2D eigenvalue weighted by Crippen LogP contribution is -2.37. The van der Waals surface area contributed by atoms with E-state index in [1.807, 2.05) is 12.1 Å². The van der Waals surface area contributed by atoms with Crippen molar-refractivity contribution in [1.82, 2.24) is 4.31 Å². The van der Waals surface area contributed by atoms with Crippen LogP contribution in [0.1, 0.15) is 25.7 Å². The van der Waals surface area contributed by atoms with Gasteiger partial charge in [0.1, 0.15) is 0 Å². The van der Waals surface area contributed by atoms with Gasteiger partial charge in [-0.25, -0.2) is 12.7 Å². The molecule has 0 saturated heterocycles. The minimum atomic E-state index is -3.27. The van der Waals surface area contributed by atoms with Crippen LogP contribution in [-0.2, 0) is 10.0 Å². The summed E-state index contributed by atoms with van der Waals surface area (Å²) in [7, 11) is -4.67. The molecule has 0 aromatic carbocycles. The fraction of sp³-hybridized carbons (Fsp3) is 0.846. The molecule has 0 rings (SSSR count). The first-order valence-electron chi connectivity index (χ1n) is 6.94. The summed E-state index contributed by atoms with van der Waals surface area (Å²) in [4.78, 5) is 0. The molecule has 0 unspecified atom stereocenters. The minimum Gasteiger partial charge on any atom is -0.212 e. The van der Waals surface area contributed by atoms with Gasteiger partial charge < -0.3 is 0 Å². The van der Waals surface area contributed by atoms with Crippen LogP contribution in [0.2, 0.25) is 25.7 Å². The summed E-state index contributed by atoms with van der Waals surface area (Å²) < 4.78 is 26.2. The number of hydrogen-bond acceptors (Lipinski definition) is 4. The molecule has 5 nitrogen and oxygen atoms in total. The van der Waals surface area contributed by atoms with Gasteiger partial charge in [0, 0.05) is 34.0 Å². The van der Waals surface area contributed by atoms with Gasteiger partial charge in [-0.1, -0.05) is 19.6 Å². The zero-order valence-electron chi connectivity index (χ0n) is 12.7. The first-order chi connectivity index (χ1) is 9.23. The molecule has 0 radical (unpaired) electrons. The fourth-order valence-electron chi connectivity index (χ4n) is 1.62. The maximum absolute atomic E-state index is 12.3. The number of sulfonamides is 1. The van der Waals surface area contributed by atoms with E-state index in [4.69, 9.17) is 10.5 Å². The summed E-state index contributed by atoms with van der Waals surface area (Å²) >= 11 is 0. The summed E-state index contributed by atoms with van der Waals surface area (Å²) in [5, 5.41) is 17.1. The predicted octanol–water partition coefficient (Wildman–Crippen LogP) is 2.56. The standard InChI is InChI=1S/C13H25N3O2SSi/c1-20(2,3)13-12-19(17,18)16(10-6-4-8-14)11-7-5-9-15/h4-7,10-13H2,1-3H3. The van der Waals surface area contributed by atoms with Crippen LogP contribution in [-0.4, -0.2) is 39.6 Å². The van der Waals surface area contributed by atoms with Crippen molar-refractivity contribution in [2.24, 2.45) is 0 Å². The predicted molar refractivity (Wildman–Crippen MR) is 83.2 cm³/mol. The largest absolute Gasteiger partial charge is 0.213 e. The molecule has 20 heavy (non-hydrogen) atoms. The Balaban J connectivity index is 4.63. The second-order valence-corrected chi connectivity index (χ2v) is 13.8. The topological polar surface area (TPSA) is 85.0 Å². The molecule has 0 fully saturated rings. The number of rotatable bonds is 10.